The summed E-state index contributed by atoms with van der Waals surface area (Å²) in [6.07, 6.45) is -1.40. The van der Waals surface area contributed by atoms with Crippen LogP contribution in [0.3, 0.4) is 0 Å². The van der Waals surface area contributed by atoms with Crippen LogP contribution in [0.4, 0.5) is 13.2 Å². The van der Waals surface area contributed by atoms with Crippen molar-refractivity contribution in [2.75, 3.05) is 6.54 Å². The van der Waals surface area contributed by atoms with Crippen molar-refractivity contribution < 1.29 is 27.5 Å². The van der Waals surface area contributed by atoms with Crippen molar-refractivity contribution in [3.63, 3.8) is 0 Å². The Kier molecular flexibility index (Phi) is 6.05. The number of hydrogen-bond donors (Lipinski definition) is 1. The van der Waals surface area contributed by atoms with Crippen LogP contribution in [0.15, 0.2) is 22.8 Å². The Morgan fingerprint density at radius 2 is 2.19 bits per heavy atom. The summed E-state index contributed by atoms with van der Waals surface area (Å²) in [6, 6.07) is 6.10. The molecule has 0 radical (unpaired) electrons. The van der Waals surface area contributed by atoms with Crippen LogP contribution < -0.4 is 0 Å². The van der Waals surface area contributed by atoms with Gasteiger partial charge in [-0.05, 0) is 31.5 Å². The van der Waals surface area contributed by atoms with Gasteiger partial charge in [0.05, 0.1) is 18.5 Å². The molecule has 0 spiro atoms. The van der Waals surface area contributed by atoms with Gasteiger partial charge in [-0.1, -0.05) is 0 Å². The van der Waals surface area contributed by atoms with Crippen LogP contribution in [0.5, 0.6) is 0 Å². The quantitative estimate of drug-likeness (QED) is 0.873. The Bertz CT molecular complexity index is 791. The van der Waals surface area contributed by atoms with E-state index in [4.69, 9.17) is 19.6 Å². The van der Waals surface area contributed by atoms with E-state index in [2.05, 4.69) is 16.1 Å². The lowest BCUT2D eigenvalue weighted by Crippen LogP contribution is -2.23. The first-order valence-electron chi connectivity index (χ1n) is 7.72. The molecule has 2 aromatic heterocycles. The molecule has 0 atom stereocenters. The lowest BCUT2D eigenvalue weighted by atomic mass is 10.1. The Balaban J connectivity index is 0.000000298. The first kappa shape index (κ1) is 19.5. The van der Waals surface area contributed by atoms with Crippen molar-refractivity contribution in [2.45, 2.75) is 32.1 Å². The number of fused-ring (bicyclic) bond motifs is 1. The van der Waals surface area contributed by atoms with E-state index in [9.17, 15) is 13.2 Å². The van der Waals surface area contributed by atoms with E-state index in [1.54, 1.807) is 6.26 Å². The van der Waals surface area contributed by atoms with Crippen LogP contribution >= 0.6 is 0 Å². The summed E-state index contributed by atoms with van der Waals surface area (Å²) >= 11 is 0. The predicted octanol–water partition coefficient (Wildman–Crippen LogP) is 2.47. The molecule has 0 fully saturated rings. The van der Waals surface area contributed by atoms with Crippen molar-refractivity contribution in [2.24, 2.45) is 7.05 Å². The Morgan fingerprint density at radius 1 is 1.50 bits per heavy atom. The molecule has 1 N–H and O–H groups in total. The predicted molar refractivity (Wildman–Crippen MR) is 82.8 cm³/mol. The molecule has 1 aliphatic rings. The summed E-state index contributed by atoms with van der Waals surface area (Å²) < 4.78 is 39.0. The van der Waals surface area contributed by atoms with E-state index in [1.165, 1.54) is 0 Å². The number of nitrogens with zero attached hydrogens (tertiary/aromatic N) is 4. The van der Waals surface area contributed by atoms with Gasteiger partial charge >= 0.3 is 12.1 Å². The minimum Gasteiger partial charge on any atom is -0.475 e. The maximum Gasteiger partial charge on any atom is 0.490 e. The van der Waals surface area contributed by atoms with E-state index in [0.717, 1.165) is 49.5 Å². The van der Waals surface area contributed by atoms with Crippen molar-refractivity contribution >= 4 is 5.97 Å². The highest BCUT2D eigenvalue weighted by Crippen LogP contribution is 2.22. The first-order chi connectivity index (χ1) is 12.2. The van der Waals surface area contributed by atoms with Gasteiger partial charge in [-0.15, -0.1) is 0 Å². The van der Waals surface area contributed by atoms with Gasteiger partial charge in [0.2, 0.25) is 0 Å². The van der Waals surface area contributed by atoms with E-state index < -0.39 is 12.1 Å². The number of aryl methyl sites for hydroxylation is 1. The van der Waals surface area contributed by atoms with Crippen LogP contribution in [0.2, 0.25) is 0 Å². The van der Waals surface area contributed by atoms with Crippen molar-refractivity contribution in [3.05, 3.63) is 41.1 Å². The number of aliphatic carboxylic acids is 1. The number of furan rings is 1. The third-order valence-electron chi connectivity index (χ3n) is 3.86. The van der Waals surface area contributed by atoms with Gasteiger partial charge in [0.15, 0.2) is 5.69 Å². The van der Waals surface area contributed by atoms with Crippen LogP contribution in [0.25, 0.3) is 0 Å². The Labute approximate surface area is 147 Å². The fourth-order valence-corrected chi connectivity index (χ4v) is 2.68. The Morgan fingerprint density at radius 3 is 2.73 bits per heavy atom. The molecule has 0 aliphatic carbocycles. The molecule has 3 rings (SSSR count). The molecular formula is C16H17F3N4O3. The van der Waals surface area contributed by atoms with E-state index in [1.807, 2.05) is 23.9 Å². The van der Waals surface area contributed by atoms with Gasteiger partial charge in [-0.25, -0.2) is 4.79 Å². The summed E-state index contributed by atoms with van der Waals surface area (Å²) in [4.78, 5) is 11.2. The van der Waals surface area contributed by atoms with Crippen LogP contribution in [0.1, 0.15) is 29.1 Å². The molecule has 140 valence electrons. The summed E-state index contributed by atoms with van der Waals surface area (Å²) in [5.41, 5.74) is 2.85. The van der Waals surface area contributed by atoms with Crippen molar-refractivity contribution in [3.8, 4) is 6.07 Å². The molecule has 0 bridgehead atoms. The van der Waals surface area contributed by atoms with Gasteiger partial charge < -0.3 is 9.52 Å². The monoisotopic (exact) mass is 370 g/mol. The van der Waals surface area contributed by atoms with Crippen molar-refractivity contribution in [1.29, 1.82) is 5.26 Å². The lowest BCUT2D eigenvalue weighted by molar-refractivity contribution is -0.192. The highest BCUT2D eigenvalue weighted by atomic mass is 19.4. The van der Waals surface area contributed by atoms with E-state index in [0.29, 0.717) is 5.69 Å². The lowest BCUT2D eigenvalue weighted by Gasteiger charge is -2.18. The Hall–Kier alpha value is -2.80. The SMILES string of the molecule is Cn1nc(C#N)c2c1CN(Cc1ccco1)CCC2.O=C(O)C(F)(F)F. The molecule has 3 heterocycles. The summed E-state index contributed by atoms with van der Waals surface area (Å²) in [7, 11) is 1.91. The van der Waals surface area contributed by atoms with Crippen LogP contribution in [0, 0.1) is 11.3 Å². The average Bonchev–Trinajstić information content (AvgIpc) is 3.10. The summed E-state index contributed by atoms with van der Waals surface area (Å²) in [5.74, 6) is -1.78. The number of hydrogen-bond acceptors (Lipinski definition) is 5. The molecular weight excluding hydrogens is 353 g/mol. The van der Waals surface area contributed by atoms with Gasteiger partial charge in [-0.3, -0.25) is 9.58 Å². The molecule has 10 heteroatoms. The van der Waals surface area contributed by atoms with E-state index >= 15 is 0 Å². The number of aromatic nitrogens is 2. The van der Waals surface area contributed by atoms with E-state index in [-0.39, 0.29) is 0 Å². The highest BCUT2D eigenvalue weighted by Gasteiger charge is 2.38. The second kappa shape index (κ2) is 8.05. The number of carboxylic acids is 1. The maximum absolute atomic E-state index is 10.6. The second-order valence-electron chi connectivity index (χ2n) is 5.71. The molecule has 0 unspecified atom stereocenters. The van der Waals surface area contributed by atoms with Gasteiger partial charge in [0.25, 0.3) is 0 Å². The zero-order valence-electron chi connectivity index (χ0n) is 14.0. The molecule has 0 amide bonds. The fraction of sp³-hybridized carbons (Fsp3) is 0.438. The average molecular weight is 370 g/mol. The summed E-state index contributed by atoms with van der Waals surface area (Å²) in [5, 5.41) is 20.5. The second-order valence-corrected chi connectivity index (χ2v) is 5.71. The van der Waals surface area contributed by atoms with Gasteiger partial charge in [0.1, 0.15) is 11.8 Å². The normalized spacial score (nSPS) is 14.6. The molecule has 0 saturated heterocycles. The fourth-order valence-electron chi connectivity index (χ4n) is 2.68. The van der Waals surface area contributed by atoms with Gasteiger partial charge in [-0.2, -0.15) is 23.5 Å². The molecule has 0 saturated carbocycles. The largest absolute Gasteiger partial charge is 0.490 e. The minimum atomic E-state index is -5.08. The topological polar surface area (TPSA) is 95.3 Å². The number of halogens is 3. The zero-order valence-corrected chi connectivity index (χ0v) is 14.0. The molecule has 7 nitrogen and oxygen atoms in total. The minimum absolute atomic E-state index is 0.581. The third-order valence-corrected chi connectivity index (χ3v) is 3.86. The molecule has 26 heavy (non-hydrogen) atoms. The maximum atomic E-state index is 10.6. The van der Waals surface area contributed by atoms with Gasteiger partial charge in [0, 0.05) is 19.2 Å². The van der Waals surface area contributed by atoms with Crippen molar-refractivity contribution in [1.82, 2.24) is 14.7 Å². The highest BCUT2D eigenvalue weighted by molar-refractivity contribution is 5.73. The number of rotatable bonds is 2. The number of nitriles is 1. The molecule has 2 aromatic rings. The smallest absolute Gasteiger partial charge is 0.475 e. The third kappa shape index (κ3) is 4.86. The molecule has 0 aromatic carbocycles. The van der Waals surface area contributed by atoms with Crippen LogP contribution in [-0.4, -0.2) is 38.5 Å². The zero-order chi connectivity index (χ0) is 19.3. The first-order valence-corrected chi connectivity index (χ1v) is 7.72. The number of carboxylic acid groups (broad SMARTS) is 1. The summed E-state index contributed by atoms with van der Waals surface area (Å²) in [6.45, 7) is 2.64. The van der Waals surface area contributed by atoms with Crippen LogP contribution in [-0.2, 0) is 31.4 Å². The number of carbonyl (C=O) groups is 1. The standard InChI is InChI=1S/C14H16N4O.C2HF3O2/c1-17-14-10-18(9-11-4-3-7-19-11)6-2-5-12(14)13(8-15)16-17;3-2(4,5)1(6)7/h3-4,7H,2,5-6,9-10H2,1H3;(H,6,7). The molecule has 1 aliphatic heterocycles. The number of alkyl halides is 3.